The van der Waals surface area contributed by atoms with Gasteiger partial charge in [0.25, 0.3) is 10.0 Å². The fourth-order valence-corrected chi connectivity index (χ4v) is 5.89. The first kappa shape index (κ1) is 30.5. The maximum atomic E-state index is 14.0. The number of amides is 2. The Kier molecular flexibility index (Phi) is 10.4. The summed E-state index contributed by atoms with van der Waals surface area (Å²) in [6.45, 7) is 6.80. The van der Waals surface area contributed by atoms with Crippen LogP contribution in [0.3, 0.4) is 0 Å². The van der Waals surface area contributed by atoms with Crippen molar-refractivity contribution in [3.8, 4) is 0 Å². The maximum absolute atomic E-state index is 14.0. The SMILES string of the molecule is CC[C@H](C(=O)NC(C)C)N(Cc1ccccc1Cl)C(=O)CN(c1cccc(Cl)c1)S(=O)(=O)c1ccc(C)cc1. The molecule has 3 aromatic carbocycles. The van der Waals surface area contributed by atoms with Crippen molar-refractivity contribution in [2.75, 3.05) is 10.8 Å². The topological polar surface area (TPSA) is 86.8 Å². The number of carbonyl (C=O) groups is 2. The van der Waals surface area contributed by atoms with Crippen LogP contribution in [0.2, 0.25) is 10.0 Å². The molecule has 0 bridgehead atoms. The highest BCUT2D eigenvalue weighted by Crippen LogP contribution is 2.27. The van der Waals surface area contributed by atoms with Gasteiger partial charge in [0.05, 0.1) is 10.6 Å². The maximum Gasteiger partial charge on any atom is 0.264 e. The van der Waals surface area contributed by atoms with Gasteiger partial charge >= 0.3 is 0 Å². The Labute approximate surface area is 240 Å². The molecule has 0 aliphatic heterocycles. The summed E-state index contributed by atoms with van der Waals surface area (Å²) in [7, 11) is -4.17. The van der Waals surface area contributed by atoms with Gasteiger partial charge in [-0.3, -0.25) is 13.9 Å². The number of rotatable bonds is 11. The molecule has 0 aliphatic carbocycles. The van der Waals surface area contributed by atoms with Crippen molar-refractivity contribution in [1.82, 2.24) is 10.2 Å². The molecule has 2 amide bonds. The summed E-state index contributed by atoms with van der Waals surface area (Å²) in [6, 6.07) is 18.7. The molecular formula is C29H33Cl2N3O4S. The van der Waals surface area contributed by atoms with Crippen molar-refractivity contribution in [2.45, 2.75) is 57.6 Å². The Morgan fingerprint density at radius 3 is 2.21 bits per heavy atom. The molecule has 0 saturated carbocycles. The van der Waals surface area contributed by atoms with E-state index in [1.165, 1.54) is 23.1 Å². The van der Waals surface area contributed by atoms with Crippen molar-refractivity contribution < 1.29 is 18.0 Å². The van der Waals surface area contributed by atoms with Gasteiger partial charge in [0.2, 0.25) is 11.8 Å². The molecule has 0 spiro atoms. The van der Waals surface area contributed by atoms with E-state index < -0.39 is 28.5 Å². The molecule has 0 unspecified atom stereocenters. The lowest BCUT2D eigenvalue weighted by molar-refractivity contribution is -0.140. The smallest absolute Gasteiger partial charge is 0.264 e. The Balaban J connectivity index is 2.08. The van der Waals surface area contributed by atoms with Crippen LogP contribution in [0.5, 0.6) is 0 Å². The van der Waals surface area contributed by atoms with E-state index in [0.29, 0.717) is 22.0 Å². The summed E-state index contributed by atoms with van der Waals surface area (Å²) in [5.74, 6) is -0.889. The van der Waals surface area contributed by atoms with Gasteiger partial charge < -0.3 is 10.2 Å². The van der Waals surface area contributed by atoms with Crippen LogP contribution in [0.4, 0.5) is 5.69 Å². The Morgan fingerprint density at radius 2 is 1.62 bits per heavy atom. The molecule has 0 saturated heterocycles. The van der Waals surface area contributed by atoms with Gasteiger partial charge in [-0.15, -0.1) is 0 Å². The second-order valence-corrected chi connectivity index (χ2v) is 12.2. The van der Waals surface area contributed by atoms with E-state index in [4.69, 9.17) is 23.2 Å². The van der Waals surface area contributed by atoms with Crippen LogP contribution in [-0.4, -0.2) is 43.8 Å². The van der Waals surface area contributed by atoms with Crippen LogP contribution >= 0.6 is 23.2 Å². The molecule has 0 fully saturated rings. The van der Waals surface area contributed by atoms with Gasteiger partial charge in [-0.1, -0.05) is 72.1 Å². The van der Waals surface area contributed by atoms with E-state index in [2.05, 4.69) is 5.32 Å². The van der Waals surface area contributed by atoms with Crippen molar-refractivity contribution in [3.63, 3.8) is 0 Å². The number of sulfonamides is 1. The number of nitrogens with zero attached hydrogens (tertiary/aromatic N) is 2. The number of benzene rings is 3. The summed E-state index contributed by atoms with van der Waals surface area (Å²) >= 11 is 12.6. The molecule has 1 N–H and O–H groups in total. The highest BCUT2D eigenvalue weighted by atomic mass is 35.5. The van der Waals surface area contributed by atoms with Gasteiger partial charge in [0.15, 0.2) is 0 Å². The summed E-state index contributed by atoms with van der Waals surface area (Å²) < 4.78 is 28.7. The summed E-state index contributed by atoms with van der Waals surface area (Å²) in [6.07, 6.45) is 0.316. The predicted molar refractivity (Wildman–Crippen MR) is 157 cm³/mol. The van der Waals surface area contributed by atoms with Crippen molar-refractivity contribution >= 4 is 50.7 Å². The van der Waals surface area contributed by atoms with E-state index >= 15 is 0 Å². The molecule has 10 heteroatoms. The summed E-state index contributed by atoms with van der Waals surface area (Å²) in [5.41, 5.74) is 1.76. The lowest BCUT2D eigenvalue weighted by Gasteiger charge is -2.33. The molecule has 0 aromatic heterocycles. The first-order valence-electron chi connectivity index (χ1n) is 12.6. The van der Waals surface area contributed by atoms with E-state index in [1.807, 2.05) is 20.8 Å². The van der Waals surface area contributed by atoms with Gasteiger partial charge in [0.1, 0.15) is 12.6 Å². The predicted octanol–water partition coefficient (Wildman–Crippen LogP) is 5.83. The summed E-state index contributed by atoms with van der Waals surface area (Å²) in [4.78, 5) is 28.6. The fourth-order valence-electron chi connectivity index (χ4n) is 4.11. The molecule has 0 heterocycles. The van der Waals surface area contributed by atoms with E-state index in [-0.39, 0.29) is 29.1 Å². The van der Waals surface area contributed by atoms with Crippen molar-refractivity contribution in [2.24, 2.45) is 0 Å². The normalized spacial score (nSPS) is 12.2. The van der Waals surface area contributed by atoms with Crippen LogP contribution in [0, 0.1) is 6.92 Å². The summed E-state index contributed by atoms with van der Waals surface area (Å²) in [5, 5.41) is 3.63. The largest absolute Gasteiger partial charge is 0.352 e. The van der Waals surface area contributed by atoms with Gasteiger partial charge in [-0.05, 0) is 69.2 Å². The quantitative estimate of drug-likeness (QED) is 0.305. The number of carbonyl (C=O) groups excluding carboxylic acids is 2. The minimum absolute atomic E-state index is 0.0243. The zero-order chi connectivity index (χ0) is 28.7. The Bertz CT molecular complexity index is 1410. The Morgan fingerprint density at radius 1 is 0.949 bits per heavy atom. The Hall–Kier alpha value is -3.07. The molecular weight excluding hydrogens is 557 g/mol. The number of halogens is 2. The molecule has 1 atom stereocenters. The van der Waals surface area contributed by atoms with Crippen LogP contribution < -0.4 is 9.62 Å². The highest BCUT2D eigenvalue weighted by molar-refractivity contribution is 7.92. The van der Waals surface area contributed by atoms with Crippen LogP contribution in [0.25, 0.3) is 0 Å². The molecule has 39 heavy (non-hydrogen) atoms. The lowest BCUT2D eigenvalue weighted by Crippen LogP contribution is -2.53. The monoisotopic (exact) mass is 589 g/mol. The number of hydrogen-bond acceptors (Lipinski definition) is 4. The highest BCUT2D eigenvalue weighted by Gasteiger charge is 2.34. The van der Waals surface area contributed by atoms with E-state index in [1.54, 1.807) is 61.5 Å². The average Bonchev–Trinajstić information content (AvgIpc) is 2.87. The van der Waals surface area contributed by atoms with Crippen molar-refractivity contribution in [3.05, 3.63) is 94.0 Å². The van der Waals surface area contributed by atoms with E-state index in [9.17, 15) is 18.0 Å². The third-order valence-electron chi connectivity index (χ3n) is 6.10. The first-order chi connectivity index (χ1) is 18.4. The van der Waals surface area contributed by atoms with Gasteiger partial charge in [0, 0.05) is 22.6 Å². The number of aryl methyl sites for hydroxylation is 1. The number of anilines is 1. The third-order valence-corrected chi connectivity index (χ3v) is 8.49. The molecule has 0 radical (unpaired) electrons. The molecule has 208 valence electrons. The molecule has 7 nitrogen and oxygen atoms in total. The lowest BCUT2D eigenvalue weighted by atomic mass is 10.1. The zero-order valence-corrected chi connectivity index (χ0v) is 24.7. The minimum Gasteiger partial charge on any atom is -0.352 e. The standard InChI is InChI=1S/C29H33Cl2N3O4S/c1-5-27(29(36)32-20(2)3)33(18-22-9-6-7-12-26(22)31)28(35)19-34(24-11-8-10-23(30)17-24)39(37,38)25-15-13-21(4)14-16-25/h6-17,20,27H,5,18-19H2,1-4H3,(H,32,36)/t27-/m1/s1. The van der Waals surface area contributed by atoms with Crippen LogP contribution in [0.15, 0.2) is 77.7 Å². The van der Waals surface area contributed by atoms with Crippen LogP contribution in [-0.2, 0) is 26.2 Å². The number of hydrogen-bond donors (Lipinski definition) is 1. The third kappa shape index (κ3) is 7.75. The average molecular weight is 591 g/mol. The van der Waals surface area contributed by atoms with Crippen LogP contribution in [0.1, 0.15) is 38.3 Å². The molecule has 0 aliphatic rings. The molecule has 3 rings (SSSR count). The van der Waals surface area contributed by atoms with Gasteiger partial charge in [-0.25, -0.2) is 8.42 Å². The van der Waals surface area contributed by atoms with E-state index in [0.717, 1.165) is 9.87 Å². The first-order valence-corrected chi connectivity index (χ1v) is 14.8. The molecule has 3 aromatic rings. The second-order valence-electron chi connectivity index (χ2n) is 9.50. The van der Waals surface area contributed by atoms with Crippen molar-refractivity contribution in [1.29, 1.82) is 0 Å². The fraction of sp³-hybridized carbons (Fsp3) is 0.310. The minimum atomic E-state index is -4.17. The van der Waals surface area contributed by atoms with Gasteiger partial charge in [-0.2, -0.15) is 0 Å². The second kappa shape index (κ2) is 13.3. The zero-order valence-electron chi connectivity index (χ0n) is 22.4. The number of nitrogens with one attached hydrogen (secondary N) is 1.